The smallest absolute Gasteiger partial charge is 0.317 e. The lowest BCUT2D eigenvalue weighted by atomic mass is 10.1. The van der Waals surface area contributed by atoms with Crippen molar-refractivity contribution >= 4 is 67.9 Å². The molecule has 0 unspecified atom stereocenters. The highest BCUT2D eigenvalue weighted by molar-refractivity contribution is 7.22. The summed E-state index contributed by atoms with van der Waals surface area (Å²) in [5.74, 6) is 1.51. The molecule has 0 radical (unpaired) electrons. The van der Waals surface area contributed by atoms with E-state index in [-0.39, 0.29) is 30.4 Å². The number of fused-ring (bicyclic) bond motifs is 2. The van der Waals surface area contributed by atoms with Crippen LogP contribution in [0.4, 0.5) is 15.7 Å². The molecule has 0 saturated carbocycles. The number of nitrogens with zero attached hydrogens (tertiary/aromatic N) is 4. The van der Waals surface area contributed by atoms with Gasteiger partial charge in [0.15, 0.2) is 16.6 Å². The van der Waals surface area contributed by atoms with Crippen molar-refractivity contribution in [1.82, 2.24) is 30.4 Å². The molecule has 13 heteroatoms. The minimum absolute atomic E-state index is 0. The summed E-state index contributed by atoms with van der Waals surface area (Å²) in [6.45, 7) is 3.82. The van der Waals surface area contributed by atoms with Crippen LogP contribution < -0.4 is 20.7 Å². The number of aromatic amines is 1. The monoisotopic (exact) mass is 592 g/mol. The SMILES string of the molecule is CCNC(=O)N1CCC[C@@H](Nc2n[nH]c3nccc(Oc4ccc(C(=O)Nc5nc6ccccc6s5)cc4)c23)C1.Cl. The number of likely N-dealkylation sites (tertiary alicyclic amines) is 1. The van der Waals surface area contributed by atoms with Crippen LogP contribution in [0.3, 0.4) is 0 Å². The van der Waals surface area contributed by atoms with Gasteiger partial charge < -0.3 is 20.3 Å². The Hall–Kier alpha value is -4.42. The summed E-state index contributed by atoms with van der Waals surface area (Å²) in [4.78, 5) is 35.8. The van der Waals surface area contributed by atoms with E-state index in [1.807, 2.05) is 36.1 Å². The molecule has 2 aromatic carbocycles. The first-order chi connectivity index (χ1) is 19.6. The van der Waals surface area contributed by atoms with Crippen LogP contribution in [0.25, 0.3) is 21.3 Å². The van der Waals surface area contributed by atoms with Gasteiger partial charge in [-0.3, -0.25) is 15.2 Å². The lowest BCUT2D eigenvalue weighted by molar-refractivity contribution is 0.102. The summed E-state index contributed by atoms with van der Waals surface area (Å²) in [5.41, 5.74) is 1.93. The van der Waals surface area contributed by atoms with Crippen LogP contribution in [0, 0.1) is 0 Å². The lowest BCUT2D eigenvalue weighted by Crippen LogP contribution is -2.49. The zero-order valence-electron chi connectivity index (χ0n) is 22.2. The molecule has 0 spiro atoms. The van der Waals surface area contributed by atoms with Gasteiger partial charge in [0.2, 0.25) is 0 Å². The Kier molecular flexibility index (Phi) is 8.50. The summed E-state index contributed by atoms with van der Waals surface area (Å²) < 4.78 is 7.22. The molecule has 4 heterocycles. The molecule has 4 N–H and O–H groups in total. The Morgan fingerprint density at radius 1 is 1.15 bits per heavy atom. The molecule has 1 fully saturated rings. The first kappa shape index (κ1) is 28.1. The molecule has 3 amide bonds. The number of anilines is 2. The van der Waals surface area contributed by atoms with Crippen molar-refractivity contribution in [2.75, 3.05) is 30.3 Å². The van der Waals surface area contributed by atoms with Crippen molar-refractivity contribution in [3.63, 3.8) is 0 Å². The fourth-order valence-electron chi connectivity index (χ4n) is 4.74. The minimum atomic E-state index is -0.243. The van der Waals surface area contributed by atoms with Crippen molar-refractivity contribution < 1.29 is 14.3 Å². The Morgan fingerprint density at radius 2 is 1.98 bits per heavy atom. The van der Waals surface area contributed by atoms with Gasteiger partial charge in [-0.25, -0.2) is 14.8 Å². The average molecular weight is 593 g/mol. The second-order valence-electron chi connectivity index (χ2n) is 9.44. The second kappa shape index (κ2) is 12.4. The number of thiazole rings is 1. The number of aromatic nitrogens is 4. The molecule has 3 aromatic heterocycles. The Labute approximate surface area is 246 Å². The third-order valence-corrected chi connectivity index (χ3v) is 7.61. The fraction of sp³-hybridized carbons (Fsp3) is 0.250. The maximum atomic E-state index is 12.8. The van der Waals surface area contributed by atoms with Crippen LogP contribution in [0.15, 0.2) is 60.8 Å². The number of carbonyl (C=O) groups excluding carboxylic acids is 2. The Bertz CT molecular complexity index is 1640. The number of nitrogens with one attached hydrogen (secondary N) is 4. The maximum Gasteiger partial charge on any atom is 0.317 e. The largest absolute Gasteiger partial charge is 0.456 e. The first-order valence-corrected chi connectivity index (χ1v) is 14.0. The van der Waals surface area contributed by atoms with Crippen molar-refractivity contribution in [3.8, 4) is 11.5 Å². The van der Waals surface area contributed by atoms with Crippen molar-refractivity contribution in [2.45, 2.75) is 25.8 Å². The molecule has 212 valence electrons. The predicted octanol–water partition coefficient (Wildman–Crippen LogP) is 5.64. The van der Waals surface area contributed by atoms with Crippen molar-refractivity contribution in [3.05, 3.63) is 66.4 Å². The highest BCUT2D eigenvalue weighted by Crippen LogP contribution is 2.34. The standard InChI is InChI=1S/C28H28N8O3S.ClH/c1-2-29-28(38)36-15-5-6-18(16-36)31-25-23-21(13-14-30-24(23)34-35-25)39-19-11-9-17(10-12-19)26(37)33-27-32-20-7-3-4-8-22(20)40-27;/h3-4,7-14,18H,2,5-6,15-16H2,1H3,(H,29,38)(H,32,33,37)(H2,30,31,34,35);1H/t18-;/m1./s1. The van der Waals surface area contributed by atoms with Crippen molar-refractivity contribution in [1.29, 1.82) is 0 Å². The number of piperidine rings is 1. The van der Waals surface area contributed by atoms with E-state index < -0.39 is 0 Å². The molecular formula is C28H29ClN8O3S. The molecule has 0 bridgehead atoms. The number of hydrogen-bond acceptors (Lipinski definition) is 8. The van der Waals surface area contributed by atoms with Crippen LogP contribution in [0.2, 0.25) is 0 Å². The highest BCUT2D eigenvalue weighted by Gasteiger charge is 2.25. The molecule has 1 saturated heterocycles. The van der Waals surface area contributed by atoms with Gasteiger partial charge in [-0.2, -0.15) is 5.10 Å². The predicted molar refractivity (Wildman–Crippen MR) is 163 cm³/mol. The van der Waals surface area contributed by atoms with E-state index in [9.17, 15) is 9.59 Å². The van der Waals surface area contributed by atoms with E-state index in [0.29, 0.717) is 46.7 Å². The molecule has 6 rings (SSSR count). The molecule has 1 aliphatic heterocycles. The first-order valence-electron chi connectivity index (χ1n) is 13.1. The number of para-hydroxylation sites is 1. The van der Waals surface area contributed by atoms with Crippen molar-refractivity contribution in [2.24, 2.45) is 0 Å². The fourth-order valence-corrected chi connectivity index (χ4v) is 5.60. The van der Waals surface area contributed by atoms with E-state index >= 15 is 0 Å². The molecule has 11 nitrogen and oxygen atoms in total. The third kappa shape index (κ3) is 6.18. The topological polar surface area (TPSA) is 137 Å². The number of ether oxygens (including phenoxy) is 1. The van der Waals surface area contributed by atoms with Gasteiger partial charge >= 0.3 is 6.03 Å². The zero-order valence-corrected chi connectivity index (χ0v) is 23.8. The number of amides is 3. The normalized spacial score (nSPS) is 14.9. The van der Waals surface area contributed by atoms with Crippen LogP contribution in [-0.2, 0) is 0 Å². The number of halogens is 1. The summed E-state index contributed by atoms with van der Waals surface area (Å²) in [6, 6.07) is 16.4. The lowest BCUT2D eigenvalue weighted by Gasteiger charge is -2.33. The van der Waals surface area contributed by atoms with Crippen LogP contribution in [0.1, 0.15) is 30.1 Å². The van der Waals surface area contributed by atoms with Gasteiger partial charge in [0.25, 0.3) is 5.91 Å². The van der Waals surface area contributed by atoms with Crippen LogP contribution >= 0.6 is 23.7 Å². The van der Waals surface area contributed by atoms with E-state index in [0.717, 1.165) is 35.0 Å². The molecule has 41 heavy (non-hydrogen) atoms. The van der Waals surface area contributed by atoms with Gasteiger partial charge in [-0.1, -0.05) is 23.5 Å². The Balaban J connectivity index is 0.00000337. The zero-order chi connectivity index (χ0) is 27.5. The summed E-state index contributed by atoms with van der Waals surface area (Å²) >= 11 is 1.43. The minimum Gasteiger partial charge on any atom is -0.456 e. The van der Waals surface area contributed by atoms with Gasteiger partial charge in [0, 0.05) is 43.5 Å². The maximum absolute atomic E-state index is 12.8. The van der Waals surface area contributed by atoms with E-state index in [4.69, 9.17) is 4.74 Å². The molecular weight excluding hydrogens is 564 g/mol. The van der Waals surface area contributed by atoms with Crippen LogP contribution in [-0.4, -0.2) is 62.7 Å². The van der Waals surface area contributed by atoms with Gasteiger partial charge in [0.05, 0.1) is 10.2 Å². The van der Waals surface area contributed by atoms with Gasteiger partial charge in [-0.15, -0.1) is 12.4 Å². The number of hydrogen-bond donors (Lipinski definition) is 4. The summed E-state index contributed by atoms with van der Waals surface area (Å²) in [5, 5.41) is 17.9. The number of benzene rings is 2. The molecule has 1 aliphatic rings. The van der Waals surface area contributed by atoms with Gasteiger partial charge in [-0.05, 0) is 56.2 Å². The number of pyridine rings is 1. The second-order valence-corrected chi connectivity index (χ2v) is 10.5. The molecule has 0 aliphatic carbocycles. The number of rotatable bonds is 7. The number of urea groups is 1. The summed E-state index contributed by atoms with van der Waals surface area (Å²) in [7, 11) is 0. The third-order valence-electron chi connectivity index (χ3n) is 6.66. The highest BCUT2D eigenvalue weighted by atomic mass is 35.5. The molecule has 5 aromatic rings. The number of carbonyl (C=O) groups is 2. The molecule has 1 atom stereocenters. The Morgan fingerprint density at radius 3 is 2.78 bits per heavy atom. The quantitative estimate of drug-likeness (QED) is 0.192. The van der Waals surface area contributed by atoms with Crippen LogP contribution in [0.5, 0.6) is 11.5 Å². The van der Waals surface area contributed by atoms with E-state index in [2.05, 4.69) is 36.1 Å². The van der Waals surface area contributed by atoms with E-state index in [1.165, 1.54) is 11.3 Å². The van der Waals surface area contributed by atoms with Gasteiger partial charge in [0.1, 0.15) is 16.9 Å². The summed E-state index contributed by atoms with van der Waals surface area (Å²) in [6.07, 6.45) is 3.47. The number of H-pyrrole nitrogens is 1. The average Bonchev–Trinajstić information content (AvgIpc) is 3.58. The van der Waals surface area contributed by atoms with E-state index in [1.54, 1.807) is 36.5 Å².